The van der Waals surface area contributed by atoms with E-state index in [1.165, 1.54) is 24.0 Å². The van der Waals surface area contributed by atoms with E-state index in [0.29, 0.717) is 59.3 Å². The minimum atomic E-state index is -0.297. The van der Waals surface area contributed by atoms with Crippen LogP contribution in [0.5, 0.6) is 0 Å². The molecule has 0 N–H and O–H groups in total. The zero-order chi connectivity index (χ0) is 35.9. The second-order valence-electron chi connectivity index (χ2n) is 13.4. The molecule has 0 saturated heterocycles. The van der Waals surface area contributed by atoms with Crippen molar-refractivity contribution in [1.82, 2.24) is 9.80 Å². The van der Waals surface area contributed by atoms with E-state index in [0.717, 1.165) is 103 Å². The summed E-state index contributed by atoms with van der Waals surface area (Å²) in [5.74, 6) is -1.47. The van der Waals surface area contributed by atoms with E-state index < -0.39 is 0 Å². The van der Waals surface area contributed by atoms with Crippen LogP contribution in [-0.4, -0.2) is 72.7 Å². The fourth-order valence-electron chi connectivity index (χ4n) is 6.75. The second kappa shape index (κ2) is 19.7. The van der Waals surface area contributed by atoms with Gasteiger partial charge in [0.15, 0.2) is 0 Å². The molecule has 0 spiro atoms. The number of amides is 4. The number of nitrogens with zero attached hydrogens (tertiary/aromatic N) is 2. The third-order valence-electron chi connectivity index (χ3n) is 9.76. The van der Waals surface area contributed by atoms with E-state index in [-0.39, 0.29) is 35.6 Å². The Balaban J connectivity index is 1.20. The summed E-state index contributed by atoms with van der Waals surface area (Å²) in [5, 5.41) is 0. The van der Waals surface area contributed by atoms with E-state index in [4.69, 9.17) is 0 Å². The van der Waals surface area contributed by atoms with E-state index in [1.807, 2.05) is 0 Å². The lowest BCUT2D eigenvalue weighted by atomic mass is 9.97. The molecule has 2 heterocycles. The van der Waals surface area contributed by atoms with Gasteiger partial charge in [0.1, 0.15) is 0 Å². The molecule has 0 aromatic heterocycles. The van der Waals surface area contributed by atoms with Gasteiger partial charge in [-0.15, -0.1) is 0 Å². The van der Waals surface area contributed by atoms with Gasteiger partial charge in [0.25, 0.3) is 23.6 Å². The Morgan fingerprint density at radius 3 is 1.08 bits per heavy atom. The molecule has 0 radical (unpaired) electrons. The highest BCUT2D eigenvalue weighted by Gasteiger charge is 2.37. The van der Waals surface area contributed by atoms with Gasteiger partial charge in [-0.3, -0.25) is 38.6 Å². The average molecular weight is 689 g/mol. The smallest absolute Gasteiger partial charge is 0.305 e. The Labute approximate surface area is 295 Å². The molecule has 10 nitrogen and oxygen atoms in total. The number of hydrogen-bond acceptors (Lipinski definition) is 8. The third-order valence-corrected chi connectivity index (χ3v) is 9.76. The standard InChI is InChI=1S/C40H52N2O8/c1-49-35(43)19-15-11-7-3-5-9-13-17-25-41-37(45)31-23-21-29(27-33(31)39(41)47)30-22-24-32-34(28-30)40(48)42(38(32)46)26-18-14-10-6-4-8-12-16-20-36(44)50-2/h21-24,27-28H,3-20,25-26H2,1-2H3. The van der Waals surface area contributed by atoms with Crippen LogP contribution >= 0.6 is 0 Å². The van der Waals surface area contributed by atoms with Crippen LogP contribution in [0.2, 0.25) is 0 Å². The van der Waals surface area contributed by atoms with E-state index in [1.54, 1.807) is 36.4 Å². The van der Waals surface area contributed by atoms with Gasteiger partial charge >= 0.3 is 11.9 Å². The van der Waals surface area contributed by atoms with Crippen molar-refractivity contribution in [3.63, 3.8) is 0 Å². The Hall–Kier alpha value is -4.34. The first-order valence-electron chi connectivity index (χ1n) is 18.4. The van der Waals surface area contributed by atoms with Crippen molar-refractivity contribution in [3.8, 4) is 11.1 Å². The number of unbranched alkanes of at least 4 members (excludes halogenated alkanes) is 14. The highest BCUT2D eigenvalue weighted by atomic mass is 16.5. The number of carbonyl (C=O) groups excluding carboxylic acids is 6. The molecule has 0 unspecified atom stereocenters. The molecule has 0 atom stereocenters. The summed E-state index contributed by atoms with van der Waals surface area (Å²) < 4.78 is 9.32. The predicted molar refractivity (Wildman–Crippen MR) is 190 cm³/mol. The SMILES string of the molecule is COC(=O)CCCCCCCCCCN1C(=O)c2ccc(-c3ccc4c(c3)C(=O)N(CCCCCCCCCCC(=O)OC)C4=O)cc2C1=O. The maximum Gasteiger partial charge on any atom is 0.305 e. The molecule has 0 saturated carbocycles. The lowest BCUT2D eigenvalue weighted by molar-refractivity contribution is -0.141. The van der Waals surface area contributed by atoms with E-state index >= 15 is 0 Å². The molecular weight excluding hydrogens is 636 g/mol. The van der Waals surface area contributed by atoms with Crippen molar-refractivity contribution in [2.45, 2.75) is 116 Å². The lowest BCUT2D eigenvalue weighted by Gasteiger charge is -2.13. The zero-order valence-electron chi connectivity index (χ0n) is 29.8. The van der Waals surface area contributed by atoms with Gasteiger partial charge in [-0.2, -0.15) is 0 Å². The number of rotatable bonds is 23. The lowest BCUT2D eigenvalue weighted by Crippen LogP contribution is -2.30. The third kappa shape index (κ3) is 10.3. The molecule has 4 rings (SSSR count). The first kappa shape index (κ1) is 38.5. The normalized spacial score (nSPS) is 13.6. The minimum absolute atomic E-state index is 0.161. The van der Waals surface area contributed by atoms with Gasteiger partial charge in [0.05, 0.1) is 36.5 Å². The molecule has 10 heteroatoms. The fourth-order valence-corrected chi connectivity index (χ4v) is 6.75. The highest BCUT2D eigenvalue weighted by Crippen LogP contribution is 2.32. The first-order valence-corrected chi connectivity index (χ1v) is 18.4. The van der Waals surface area contributed by atoms with Crippen LogP contribution < -0.4 is 0 Å². The van der Waals surface area contributed by atoms with Crippen molar-refractivity contribution in [3.05, 3.63) is 58.7 Å². The van der Waals surface area contributed by atoms with Crippen LogP contribution in [0, 0.1) is 0 Å². The van der Waals surface area contributed by atoms with Gasteiger partial charge in [-0.25, -0.2) is 0 Å². The van der Waals surface area contributed by atoms with Crippen LogP contribution in [0.15, 0.2) is 36.4 Å². The number of benzene rings is 2. The summed E-state index contributed by atoms with van der Waals surface area (Å²) in [4.78, 5) is 77.7. The predicted octanol–water partition coefficient (Wildman–Crippen LogP) is 7.91. The van der Waals surface area contributed by atoms with Crippen LogP contribution in [0.25, 0.3) is 11.1 Å². The molecule has 0 aliphatic carbocycles. The molecule has 0 bridgehead atoms. The zero-order valence-corrected chi connectivity index (χ0v) is 29.8. The largest absolute Gasteiger partial charge is 0.469 e. The molecule has 4 amide bonds. The summed E-state index contributed by atoms with van der Waals surface area (Å²) in [7, 11) is 2.82. The molecule has 2 aromatic rings. The molecular formula is C40H52N2O8. The van der Waals surface area contributed by atoms with Gasteiger partial charge in [0.2, 0.25) is 0 Å². The van der Waals surface area contributed by atoms with Gasteiger partial charge in [-0.05, 0) is 61.1 Å². The summed E-state index contributed by atoms with van der Waals surface area (Å²) in [5.41, 5.74) is 2.94. The van der Waals surface area contributed by atoms with Gasteiger partial charge in [-0.1, -0.05) is 89.2 Å². The summed E-state index contributed by atoms with van der Waals surface area (Å²) >= 11 is 0. The van der Waals surface area contributed by atoms with Crippen molar-refractivity contribution in [1.29, 1.82) is 0 Å². The van der Waals surface area contributed by atoms with Gasteiger partial charge < -0.3 is 9.47 Å². The van der Waals surface area contributed by atoms with Crippen LogP contribution in [-0.2, 0) is 19.1 Å². The van der Waals surface area contributed by atoms with Crippen molar-refractivity contribution in [2.24, 2.45) is 0 Å². The number of imide groups is 2. The molecule has 2 aromatic carbocycles. The Morgan fingerprint density at radius 1 is 0.440 bits per heavy atom. The number of ether oxygens (including phenoxy) is 2. The molecule has 50 heavy (non-hydrogen) atoms. The Kier molecular flexibility index (Phi) is 15.2. The number of fused-ring (bicyclic) bond motifs is 2. The van der Waals surface area contributed by atoms with E-state index in [9.17, 15) is 28.8 Å². The first-order chi connectivity index (χ1) is 24.3. The molecule has 0 fully saturated rings. The van der Waals surface area contributed by atoms with Crippen molar-refractivity contribution >= 4 is 35.6 Å². The quantitative estimate of drug-likeness (QED) is 0.0655. The average Bonchev–Trinajstić information content (AvgIpc) is 3.51. The summed E-state index contributed by atoms with van der Waals surface area (Å²) in [6, 6.07) is 10.4. The topological polar surface area (TPSA) is 127 Å². The van der Waals surface area contributed by atoms with Crippen molar-refractivity contribution in [2.75, 3.05) is 27.3 Å². The highest BCUT2D eigenvalue weighted by molar-refractivity contribution is 6.23. The van der Waals surface area contributed by atoms with Gasteiger partial charge in [0, 0.05) is 25.9 Å². The molecule has 2 aliphatic heterocycles. The van der Waals surface area contributed by atoms with Crippen molar-refractivity contribution < 1.29 is 38.2 Å². The van der Waals surface area contributed by atoms with Crippen LogP contribution in [0.4, 0.5) is 0 Å². The molecule has 270 valence electrons. The number of carbonyl (C=O) groups is 6. The number of esters is 2. The fraction of sp³-hybridized carbons (Fsp3) is 0.550. The van der Waals surface area contributed by atoms with E-state index in [2.05, 4.69) is 9.47 Å². The Bertz CT molecular complexity index is 1420. The number of methoxy groups -OCH3 is 2. The molecule has 2 aliphatic rings. The van der Waals surface area contributed by atoms with Crippen LogP contribution in [0.3, 0.4) is 0 Å². The summed E-state index contributed by atoms with van der Waals surface area (Å²) in [6.45, 7) is 0.759. The monoisotopic (exact) mass is 688 g/mol. The maximum atomic E-state index is 13.3. The minimum Gasteiger partial charge on any atom is -0.469 e. The van der Waals surface area contributed by atoms with Crippen LogP contribution in [0.1, 0.15) is 157 Å². The Morgan fingerprint density at radius 2 is 0.740 bits per heavy atom. The number of hydrogen-bond donors (Lipinski definition) is 0. The second-order valence-corrected chi connectivity index (χ2v) is 13.4. The summed E-state index contributed by atoms with van der Waals surface area (Å²) in [6.07, 6.45) is 16.6. The maximum absolute atomic E-state index is 13.3.